The summed E-state index contributed by atoms with van der Waals surface area (Å²) in [4.78, 5) is 6.72. The molecule has 1 fully saturated rings. The Kier molecular flexibility index (Phi) is 4.51. The summed E-state index contributed by atoms with van der Waals surface area (Å²) >= 11 is 0. The zero-order valence-electron chi connectivity index (χ0n) is 10.9. The molecule has 0 spiro atoms. The molecule has 1 aromatic rings. The number of rotatable bonds is 4. The number of nitrogens with zero attached hydrogens (tertiary/aromatic N) is 2. The predicted octanol–water partition coefficient (Wildman–Crippen LogP) is 1.55. The van der Waals surface area contributed by atoms with Crippen molar-refractivity contribution in [1.29, 1.82) is 0 Å². The lowest BCUT2D eigenvalue weighted by Crippen LogP contribution is -2.53. The van der Waals surface area contributed by atoms with Crippen molar-refractivity contribution < 1.29 is 0 Å². The van der Waals surface area contributed by atoms with Gasteiger partial charge in [-0.15, -0.1) is 0 Å². The largest absolute Gasteiger partial charge is 0.311 e. The van der Waals surface area contributed by atoms with Crippen molar-refractivity contribution in [2.24, 2.45) is 5.92 Å². The van der Waals surface area contributed by atoms with E-state index in [0.717, 1.165) is 25.4 Å². The second kappa shape index (κ2) is 6.12. The molecule has 1 atom stereocenters. The molecule has 0 saturated carbocycles. The summed E-state index contributed by atoms with van der Waals surface area (Å²) in [5.41, 5.74) is 1.34. The van der Waals surface area contributed by atoms with E-state index in [-0.39, 0.29) is 0 Å². The van der Waals surface area contributed by atoms with E-state index >= 15 is 0 Å². The molecular weight excluding hydrogens is 210 g/mol. The third-order valence-electron chi connectivity index (χ3n) is 3.53. The number of nitrogens with one attached hydrogen (secondary N) is 1. The van der Waals surface area contributed by atoms with Crippen LogP contribution < -0.4 is 5.32 Å². The van der Waals surface area contributed by atoms with Gasteiger partial charge in [-0.2, -0.15) is 0 Å². The SMILES string of the molecule is CC(C)C1CN(CCc2cccnc2)CCN1. The number of hydrogen-bond acceptors (Lipinski definition) is 3. The molecule has 1 N–H and O–H groups in total. The van der Waals surface area contributed by atoms with Crippen molar-refractivity contribution in [3.8, 4) is 0 Å². The predicted molar refractivity (Wildman–Crippen MR) is 71.0 cm³/mol. The summed E-state index contributed by atoms with van der Waals surface area (Å²) in [7, 11) is 0. The van der Waals surface area contributed by atoms with E-state index in [1.807, 2.05) is 18.5 Å². The van der Waals surface area contributed by atoms with Gasteiger partial charge in [0.2, 0.25) is 0 Å². The van der Waals surface area contributed by atoms with Crippen LogP contribution in [0.2, 0.25) is 0 Å². The highest BCUT2D eigenvalue weighted by Gasteiger charge is 2.21. The van der Waals surface area contributed by atoms with E-state index in [1.165, 1.54) is 18.7 Å². The third-order valence-corrected chi connectivity index (χ3v) is 3.53. The quantitative estimate of drug-likeness (QED) is 0.855. The first-order valence-corrected chi connectivity index (χ1v) is 6.60. The first kappa shape index (κ1) is 12.5. The van der Waals surface area contributed by atoms with E-state index in [0.29, 0.717) is 6.04 Å². The van der Waals surface area contributed by atoms with Crippen LogP contribution >= 0.6 is 0 Å². The molecule has 1 unspecified atom stereocenters. The van der Waals surface area contributed by atoms with Crippen LogP contribution in [-0.2, 0) is 6.42 Å². The molecule has 17 heavy (non-hydrogen) atoms. The molecule has 2 rings (SSSR count). The van der Waals surface area contributed by atoms with Crippen LogP contribution in [0.5, 0.6) is 0 Å². The lowest BCUT2D eigenvalue weighted by Gasteiger charge is -2.35. The third kappa shape index (κ3) is 3.79. The number of piperazine rings is 1. The van der Waals surface area contributed by atoms with E-state index in [1.54, 1.807) is 0 Å². The maximum Gasteiger partial charge on any atom is 0.0300 e. The highest BCUT2D eigenvalue weighted by molar-refractivity contribution is 5.08. The van der Waals surface area contributed by atoms with E-state index in [9.17, 15) is 0 Å². The van der Waals surface area contributed by atoms with Gasteiger partial charge in [0.15, 0.2) is 0 Å². The van der Waals surface area contributed by atoms with Crippen molar-refractivity contribution in [3.63, 3.8) is 0 Å². The van der Waals surface area contributed by atoms with E-state index in [4.69, 9.17) is 0 Å². The molecule has 1 aromatic heterocycles. The molecular formula is C14H23N3. The molecule has 0 amide bonds. The van der Waals surface area contributed by atoms with Crippen molar-refractivity contribution in [1.82, 2.24) is 15.2 Å². The zero-order valence-corrected chi connectivity index (χ0v) is 10.9. The first-order chi connectivity index (χ1) is 8.25. The Hall–Kier alpha value is -0.930. The van der Waals surface area contributed by atoms with Crippen LogP contribution in [0.15, 0.2) is 24.5 Å². The standard InChI is InChI=1S/C14H23N3/c1-12(2)14-11-17(9-7-16-14)8-5-13-4-3-6-15-10-13/h3-4,6,10,12,14,16H,5,7-9,11H2,1-2H3. The number of pyridine rings is 1. The molecule has 1 aliphatic rings. The first-order valence-electron chi connectivity index (χ1n) is 6.60. The minimum Gasteiger partial charge on any atom is -0.311 e. The topological polar surface area (TPSA) is 28.2 Å². The minimum atomic E-state index is 0.651. The fraction of sp³-hybridized carbons (Fsp3) is 0.643. The van der Waals surface area contributed by atoms with Gasteiger partial charge in [0, 0.05) is 44.6 Å². The summed E-state index contributed by atoms with van der Waals surface area (Å²) in [6, 6.07) is 4.83. The smallest absolute Gasteiger partial charge is 0.0300 e. The van der Waals surface area contributed by atoms with Crippen molar-refractivity contribution in [2.45, 2.75) is 26.3 Å². The summed E-state index contributed by atoms with van der Waals surface area (Å²) in [5.74, 6) is 0.719. The molecule has 3 nitrogen and oxygen atoms in total. The molecule has 0 aromatic carbocycles. The molecule has 1 saturated heterocycles. The summed E-state index contributed by atoms with van der Waals surface area (Å²) in [6.45, 7) is 9.21. The molecule has 0 aliphatic carbocycles. The second-order valence-corrected chi connectivity index (χ2v) is 5.22. The molecule has 2 heterocycles. The van der Waals surface area contributed by atoms with Crippen molar-refractivity contribution in [3.05, 3.63) is 30.1 Å². The summed E-state index contributed by atoms with van der Waals surface area (Å²) in [6.07, 6.45) is 4.92. The second-order valence-electron chi connectivity index (χ2n) is 5.22. The molecule has 0 radical (unpaired) electrons. The molecule has 1 aliphatic heterocycles. The van der Waals surface area contributed by atoms with Crippen LogP contribution in [0, 0.1) is 5.92 Å². The van der Waals surface area contributed by atoms with E-state index < -0.39 is 0 Å². The Morgan fingerprint density at radius 3 is 3.12 bits per heavy atom. The van der Waals surface area contributed by atoms with Gasteiger partial charge in [0.1, 0.15) is 0 Å². The van der Waals surface area contributed by atoms with Crippen LogP contribution in [-0.4, -0.2) is 42.1 Å². The Balaban J connectivity index is 1.79. The van der Waals surface area contributed by atoms with Crippen LogP contribution in [0.1, 0.15) is 19.4 Å². The van der Waals surface area contributed by atoms with Crippen molar-refractivity contribution in [2.75, 3.05) is 26.2 Å². The molecule has 3 heteroatoms. The number of aromatic nitrogens is 1. The maximum absolute atomic E-state index is 4.16. The van der Waals surface area contributed by atoms with Crippen LogP contribution in [0.25, 0.3) is 0 Å². The lowest BCUT2D eigenvalue weighted by atomic mass is 10.0. The van der Waals surface area contributed by atoms with Crippen LogP contribution in [0.4, 0.5) is 0 Å². The van der Waals surface area contributed by atoms with Gasteiger partial charge >= 0.3 is 0 Å². The van der Waals surface area contributed by atoms with E-state index in [2.05, 4.69) is 35.1 Å². The van der Waals surface area contributed by atoms with Gasteiger partial charge in [-0.05, 0) is 24.0 Å². The number of hydrogen-bond donors (Lipinski definition) is 1. The fourth-order valence-corrected chi connectivity index (χ4v) is 2.32. The zero-order chi connectivity index (χ0) is 12.1. The van der Waals surface area contributed by atoms with Crippen LogP contribution in [0.3, 0.4) is 0 Å². The van der Waals surface area contributed by atoms with Gasteiger partial charge in [-0.3, -0.25) is 4.98 Å². The Bertz CT molecular complexity index is 323. The highest BCUT2D eigenvalue weighted by Crippen LogP contribution is 2.09. The molecule has 0 bridgehead atoms. The minimum absolute atomic E-state index is 0.651. The molecule has 94 valence electrons. The van der Waals surface area contributed by atoms with Gasteiger partial charge < -0.3 is 10.2 Å². The van der Waals surface area contributed by atoms with Gasteiger partial charge in [-0.1, -0.05) is 19.9 Å². The van der Waals surface area contributed by atoms with Gasteiger partial charge in [-0.25, -0.2) is 0 Å². The lowest BCUT2D eigenvalue weighted by molar-refractivity contribution is 0.177. The van der Waals surface area contributed by atoms with Gasteiger partial charge in [0.05, 0.1) is 0 Å². The van der Waals surface area contributed by atoms with Crippen molar-refractivity contribution >= 4 is 0 Å². The fourth-order valence-electron chi connectivity index (χ4n) is 2.32. The normalized spacial score (nSPS) is 21.9. The highest BCUT2D eigenvalue weighted by atomic mass is 15.2. The maximum atomic E-state index is 4.16. The monoisotopic (exact) mass is 233 g/mol. The Labute approximate surface area is 104 Å². The Morgan fingerprint density at radius 1 is 1.53 bits per heavy atom. The van der Waals surface area contributed by atoms with Gasteiger partial charge in [0.25, 0.3) is 0 Å². The average molecular weight is 233 g/mol. The summed E-state index contributed by atoms with van der Waals surface area (Å²) in [5, 5.41) is 3.59. The average Bonchev–Trinajstić information content (AvgIpc) is 2.38. The summed E-state index contributed by atoms with van der Waals surface area (Å²) < 4.78 is 0. The Morgan fingerprint density at radius 2 is 2.41 bits per heavy atom.